The average Bonchev–Trinajstić information content (AvgIpc) is 2.38. The van der Waals surface area contributed by atoms with Crippen LogP contribution >= 0.6 is 0 Å². The zero-order chi connectivity index (χ0) is 13.0. The Bertz CT molecular complexity index is 382. The predicted molar refractivity (Wildman–Crippen MR) is 72.9 cm³/mol. The molecule has 1 heterocycles. The van der Waals surface area contributed by atoms with Gasteiger partial charge in [0.1, 0.15) is 5.82 Å². The van der Waals surface area contributed by atoms with E-state index in [0.717, 1.165) is 18.5 Å². The van der Waals surface area contributed by atoms with Gasteiger partial charge < -0.3 is 10.2 Å². The fourth-order valence-corrected chi connectivity index (χ4v) is 2.38. The molecule has 1 fully saturated rings. The molecule has 0 aliphatic heterocycles. The first kappa shape index (κ1) is 13.3. The molecule has 1 aliphatic carbocycles. The van der Waals surface area contributed by atoms with Crippen molar-refractivity contribution in [2.75, 3.05) is 5.43 Å². The molecular weight excluding hydrogens is 226 g/mol. The van der Waals surface area contributed by atoms with E-state index in [4.69, 9.17) is 10.6 Å². The van der Waals surface area contributed by atoms with Crippen molar-refractivity contribution in [1.29, 1.82) is 0 Å². The van der Waals surface area contributed by atoms with Gasteiger partial charge in [0.05, 0.1) is 18.4 Å². The Morgan fingerprint density at radius 1 is 1.39 bits per heavy atom. The minimum Gasteiger partial charge on any atom is -0.372 e. The summed E-state index contributed by atoms with van der Waals surface area (Å²) in [7, 11) is 0. The molecule has 0 spiro atoms. The predicted octanol–water partition coefficient (Wildman–Crippen LogP) is 2.85. The standard InChI is InChI=1S/C14H23N3O/c1-14(2)8-6-12(7-9-14)18-10-11-4-3-5-13(16-11)17-15/h3-5,12H,6-10,15H2,1-2H3,(H,16,17). The molecule has 0 radical (unpaired) electrons. The molecule has 0 unspecified atom stereocenters. The third-order valence-corrected chi connectivity index (χ3v) is 3.71. The molecule has 4 heteroatoms. The maximum Gasteiger partial charge on any atom is 0.140 e. The first-order chi connectivity index (χ1) is 8.59. The Kier molecular flexibility index (Phi) is 4.19. The van der Waals surface area contributed by atoms with E-state index in [1.165, 1.54) is 12.8 Å². The number of ether oxygens (including phenoxy) is 1. The van der Waals surface area contributed by atoms with Crippen LogP contribution in [0.25, 0.3) is 0 Å². The van der Waals surface area contributed by atoms with E-state index in [1.54, 1.807) is 0 Å². The van der Waals surface area contributed by atoms with E-state index in [2.05, 4.69) is 24.3 Å². The Morgan fingerprint density at radius 3 is 2.78 bits per heavy atom. The largest absolute Gasteiger partial charge is 0.372 e. The number of rotatable bonds is 4. The van der Waals surface area contributed by atoms with Crippen LogP contribution in [-0.2, 0) is 11.3 Å². The lowest BCUT2D eigenvalue weighted by atomic mass is 9.76. The highest BCUT2D eigenvalue weighted by Crippen LogP contribution is 2.36. The highest BCUT2D eigenvalue weighted by atomic mass is 16.5. The van der Waals surface area contributed by atoms with Crippen LogP contribution in [0.15, 0.2) is 18.2 Å². The van der Waals surface area contributed by atoms with Crippen molar-refractivity contribution < 1.29 is 4.74 Å². The first-order valence-corrected chi connectivity index (χ1v) is 6.63. The lowest BCUT2D eigenvalue weighted by Gasteiger charge is -2.34. The van der Waals surface area contributed by atoms with Gasteiger partial charge in [-0.05, 0) is 43.2 Å². The third kappa shape index (κ3) is 3.68. The van der Waals surface area contributed by atoms with Gasteiger partial charge in [0, 0.05) is 0 Å². The van der Waals surface area contributed by atoms with Gasteiger partial charge in [0.2, 0.25) is 0 Å². The fourth-order valence-electron chi connectivity index (χ4n) is 2.38. The number of hydrogen-bond acceptors (Lipinski definition) is 4. The number of nitrogens with zero attached hydrogens (tertiary/aromatic N) is 1. The molecular formula is C14H23N3O. The molecule has 4 nitrogen and oxygen atoms in total. The molecule has 1 aromatic rings. The Hall–Kier alpha value is -1.13. The number of anilines is 1. The quantitative estimate of drug-likeness (QED) is 0.636. The molecule has 2 rings (SSSR count). The summed E-state index contributed by atoms with van der Waals surface area (Å²) in [6, 6.07) is 5.74. The molecule has 0 aromatic carbocycles. The number of pyridine rings is 1. The van der Waals surface area contributed by atoms with E-state index in [0.29, 0.717) is 23.9 Å². The summed E-state index contributed by atoms with van der Waals surface area (Å²) in [4.78, 5) is 4.34. The molecule has 18 heavy (non-hydrogen) atoms. The topological polar surface area (TPSA) is 60.2 Å². The molecule has 1 aliphatic rings. The summed E-state index contributed by atoms with van der Waals surface area (Å²) in [6.07, 6.45) is 5.18. The summed E-state index contributed by atoms with van der Waals surface area (Å²) in [5.41, 5.74) is 3.96. The molecule has 0 atom stereocenters. The Balaban J connectivity index is 1.81. The van der Waals surface area contributed by atoms with Crippen LogP contribution in [0, 0.1) is 5.41 Å². The van der Waals surface area contributed by atoms with Crippen LogP contribution in [0.2, 0.25) is 0 Å². The van der Waals surface area contributed by atoms with E-state index in [-0.39, 0.29) is 0 Å². The summed E-state index contributed by atoms with van der Waals surface area (Å²) < 4.78 is 5.93. The second-order valence-corrected chi connectivity index (χ2v) is 5.83. The minimum atomic E-state index is 0.384. The summed E-state index contributed by atoms with van der Waals surface area (Å²) in [6.45, 7) is 5.24. The molecule has 100 valence electrons. The lowest BCUT2D eigenvalue weighted by molar-refractivity contribution is -0.00683. The lowest BCUT2D eigenvalue weighted by Crippen LogP contribution is -2.26. The second-order valence-electron chi connectivity index (χ2n) is 5.83. The van der Waals surface area contributed by atoms with E-state index >= 15 is 0 Å². The van der Waals surface area contributed by atoms with Crippen LogP contribution in [0.4, 0.5) is 5.82 Å². The number of nitrogens with two attached hydrogens (primary N) is 1. The average molecular weight is 249 g/mol. The molecule has 0 saturated heterocycles. The summed E-state index contributed by atoms with van der Waals surface area (Å²) in [5, 5.41) is 0. The summed E-state index contributed by atoms with van der Waals surface area (Å²) >= 11 is 0. The monoisotopic (exact) mass is 249 g/mol. The van der Waals surface area contributed by atoms with Crippen LogP contribution in [0.3, 0.4) is 0 Å². The van der Waals surface area contributed by atoms with Crippen molar-refractivity contribution in [3.05, 3.63) is 23.9 Å². The van der Waals surface area contributed by atoms with Crippen molar-refractivity contribution >= 4 is 5.82 Å². The highest BCUT2D eigenvalue weighted by Gasteiger charge is 2.27. The highest BCUT2D eigenvalue weighted by molar-refractivity contribution is 5.33. The van der Waals surface area contributed by atoms with Crippen LogP contribution < -0.4 is 11.3 Å². The second kappa shape index (κ2) is 5.67. The number of aromatic nitrogens is 1. The van der Waals surface area contributed by atoms with Crippen molar-refractivity contribution in [1.82, 2.24) is 4.98 Å². The third-order valence-electron chi connectivity index (χ3n) is 3.71. The van der Waals surface area contributed by atoms with Gasteiger partial charge in [-0.25, -0.2) is 10.8 Å². The maximum absolute atomic E-state index is 5.93. The minimum absolute atomic E-state index is 0.384. The van der Waals surface area contributed by atoms with Gasteiger partial charge >= 0.3 is 0 Å². The number of nitrogens with one attached hydrogen (secondary N) is 1. The molecule has 1 aromatic heterocycles. The summed E-state index contributed by atoms with van der Waals surface area (Å²) in [5.74, 6) is 6.02. The van der Waals surface area contributed by atoms with Crippen LogP contribution in [-0.4, -0.2) is 11.1 Å². The molecule has 0 amide bonds. The van der Waals surface area contributed by atoms with Gasteiger partial charge in [0.25, 0.3) is 0 Å². The maximum atomic E-state index is 5.93. The van der Waals surface area contributed by atoms with Gasteiger partial charge in [-0.15, -0.1) is 0 Å². The SMILES string of the molecule is CC1(C)CCC(OCc2cccc(NN)n2)CC1. The number of hydrazine groups is 1. The molecule has 0 bridgehead atoms. The van der Waals surface area contributed by atoms with Crippen LogP contribution in [0.1, 0.15) is 45.2 Å². The zero-order valence-corrected chi connectivity index (χ0v) is 11.3. The molecule has 1 saturated carbocycles. The van der Waals surface area contributed by atoms with Gasteiger partial charge in [-0.2, -0.15) is 0 Å². The van der Waals surface area contributed by atoms with Gasteiger partial charge in [-0.1, -0.05) is 19.9 Å². The Labute approximate surface area is 109 Å². The van der Waals surface area contributed by atoms with Crippen LogP contribution in [0.5, 0.6) is 0 Å². The van der Waals surface area contributed by atoms with E-state index in [1.807, 2.05) is 18.2 Å². The van der Waals surface area contributed by atoms with Crippen molar-refractivity contribution in [3.8, 4) is 0 Å². The smallest absolute Gasteiger partial charge is 0.140 e. The van der Waals surface area contributed by atoms with Gasteiger partial charge in [-0.3, -0.25) is 0 Å². The van der Waals surface area contributed by atoms with Crippen molar-refractivity contribution in [3.63, 3.8) is 0 Å². The number of nitrogen functional groups attached to an aromatic ring is 1. The normalized spacial score (nSPS) is 19.7. The Morgan fingerprint density at radius 2 is 2.11 bits per heavy atom. The fraction of sp³-hybridized carbons (Fsp3) is 0.643. The van der Waals surface area contributed by atoms with E-state index in [9.17, 15) is 0 Å². The molecule has 3 N–H and O–H groups in total. The van der Waals surface area contributed by atoms with E-state index < -0.39 is 0 Å². The number of hydrogen-bond donors (Lipinski definition) is 2. The van der Waals surface area contributed by atoms with Crippen molar-refractivity contribution in [2.24, 2.45) is 11.3 Å². The zero-order valence-electron chi connectivity index (χ0n) is 11.3. The van der Waals surface area contributed by atoms with Gasteiger partial charge in [0.15, 0.2) is 0 Å². The van der Waals surface area contributed by atoms with Crippen molar-refractivity contribution in [2.45, 2.75) is 52.2 Å². The first-order valence-electron chi connectivity index (χ1n) is 6.63.